The average molecular weight is 377 g/mol. The second-order valence-electron chi connectivity index (χ2n) is 6.75. The van der Waals surface area contributed by atoms with Gasteiger partial charge in [0, 0.05) is 0 Å². The van der Waals surface area contributed by atoms with E-state index >= 15 is 0 Å². The molecule has 0 aliphatic carbocycles. The maximum atomic E-state index is 12.4. The Kier molecular flexibility index (Phi) is 8.81. The Morgan fingerprint density at radius 3 is 2.46 bits per heavy atom. The normalized spacial score (nSPS) is 12.1. The summed E-state index contributed by atoms with van der Waals surface area (Å²) in [7, 11) is 0. The van der Waals surface area contributed by atoms with Gasteiger partial charge >= 0.3 is 0 Å². The number of rotatable bonds is 10. The molecule has 2 aromatic rings. The highest BCUT2D eigenvalue weighted by atomic mass is 16.5. The molecule has 0 aromatic heterocycles. The van der Waals surface area contributed by atoms with Gasteiger partial charge in [-0.25, -0.2) is 0 Å². The van der Waals surface area contributed by atoms with Crippen LogP contribution in [-0.2, 0) is 4.79 Å². The van der Waals surface area contributed by atoms with Crippen molar-refractivity contribution in [2.45, 2.75) is 45.6 Å². The van der Waals surface area contributed by atoms with Crippen LogP contribution >= 0.6 is 0 Å². The number of nitriles is 1. The van der Waals surface area contributed by atoms with E-state index < -0.39 is 0 Å². The molecule has 146 valence electrons. The second-order valence-corrected chi connectivity index (χ2v) is 6.75. The smallest absolute Gasteiger partial charge is 0.262 e. The van der Waals surface area contributed by atoms with Crippen molar-refractivity contribution in [3.05, 3.63) is 71.3 Å². The zero-order valence-electron chi connectivity index (χ0n) is 16.7. The van der Waals surface area contributed by atoms with Crippen LogP contribution in [0.2, 0.25) is 0 Å². The van der Waals surface area contributed by atoms with E-state index in [0.717, 1.165) is 23.3 Å². The third-order valence-electron chi connectivity index (χ3n) is 4.47. The van der Waals surface area contributed by atoms with E-state index in [2.05, 4.69) is 12.2 Å². The minimum Gasteiger partial charge on any atom is -0.494 e. The van der Waals surface area contributed by atoms with Gasteiger partial charge in [0.05, 0.1) is 12.6 Å². The predicted molar refractivity (Wildman–Crippen MR) is 113 cm³/mol. The first-order valence-corrected chi connectivity index (χ1v) is 9.84. The van der Waals surface area contributed by atoms with Gasteiger partial charge in [-0.1, -0.05) is 68.7 Å². The van der Waals surface area contributed by atoms with Crippen molar-refractivity contribution >= 4 is 12.0 Å². The first-order chi connectivity index (χ1) is 13.6. The van der Waals surface area contributed by atoms with Crippen molar-refractivity contribution in [3.8, 4) is 11.8 Å². The number of ether oxygens (including phenoxy) is 1. The molecule has 0 saturated heterocycles. The number of carbonyl (C=O) groups is 1. The summed E-state index contributed by atoms with van der Waals surface area (Å²) in [6.07, 6.45) is 6.26. The number of benzene rings is 2. The fraction of sp³-hybridized carbons (Fsp3) is 0.333. The SMILES string of the molecule is CCCCCCOc1ccc(/C=C(\C#N)C(=O)N[C@@H](C)c2ccccc2)cc1. The minimum absolute atomic E-state index is 0.0796. The second kappa shape index (κ2) is 11.6. The Hall–Kier alpha value is -3.06. The number of nitrogens with one attached hydrogen (secondary N) is 1. The number of hydrogen-bond donors (Lipinski definition) is 1. The summed E-state index contributed by atoms with van der Waals surface area (Å²) in [6.45, 7) is 4.79. The molecule has 0 unspecified atom stereocenters. The van der Waals surface area contributed by atoms with Gasteiger partial charge in [-0.15, -0.1) is 0 Å². The van der Waals surface area contributed by atoms with Gasteiger partial charge in [0.15, 0.2) is 0 Å². The number of amides is 1. The summed E-state index contributed by atoms with van der Waals surface area (Å²) >= 11 is 0. The highest BCUT2D eigenvalue weighted by molar-refractivity contribution is 6.01. The van der Waals surface area contributed by atoms with Crippen LogP contribution in [0.3, 0.4) is 0 Å². The van der Waals surface area contributed by atoms with Crippen LogP contribution in [0.5, 0.6) is 5.75 Å². The molecule has 4 nitrogen and oxygen atoms in total. The van der Waals surface area contributed by atoms with Crippen LogP contribution in [-0.4, -0.2) is 12.5 Å². The molecule has 1 N–H and O–H groups in total. The number of unbranched alkanes of at least 4 members (excludes halogenated alkanes) is 3. The molecule has 1 amide bonds. The fourth-order valence-electron chi connectivity index (χ4n) is 2.79. The molecule has 1 atom stereocenters. The molecule has 0 bridgehead atoms. The average Bonchev–Trinajstić information content (AvgIpc) is 2.73. The summed E-state index contributed by atoms with van der Waals surface area (Å²) < 4.78 is 5.72. The Morgan fingerprint density at radius 2 is 1.82 bits per heavy atom. The lowest BCUT2D eigenvalue weighted by atomic mass is 10.1. The monoisotopic (exact) mass is 376 g/mol. The maximum absolute atomic E-state index is 12.4. The third-order valence-corrected chi connectivity index (χ3v) is 4.47. The van der Waals surface area contributed by atoms with Crippen LogP contribution in [0.1, 0.15) is 56.7 Å². The predicted octanol–water partition coefficient (Wildman–Crippen LogP) is 5.43. The lowest BCUT2D eigenvalue weighted by Crippen LogP contribution is -2.27. The van der Waals surface area contributed by atoms with Gasteiger partial charge in [0.2, 0.25) is 0 Å². The van der Waals surface area contributed by atoms with Gasteiger partial charge in [-0.2, -0.15) is 5.26 Å². The first-order valence-electron chi connectivity index (χ1n) is 9.84. The van der Waals surface area contributed by atoms with Crippen LogP contribution in [0.15, 0.2) is 60.2 Å². The molecule has 0 aliphatic rings. The Labute approximate surface area is 167 Å². The Morgan fingerprint density at radius 1 is 1.11 bits per heavy atom. The molecular formula is C24H28N2O2. The van der Waals surface area contributed by atoms with E-state index in [1.54, 1.807) is 6.08 Å². The van der Waals surface area contributed by atoms with Crippen molar-refractivity contribution in [1.29, 1.82) is 5.26 Å². The zero-order chi connectivity index (χ0) is 20.2. The number of hydrogen-bond acceptors (Lipinski definition) is 3. The van der Waals surface area contributed by atoms with Crippen LogP contribution in [0, 0.1) is 11.3 Å². The van der Waals surface area contributed by atoms with Crippen LogP contribution in [0.25, 0.3) is 6.08 Å². The molecule has 4 heteroatoms. The van der Waals surface area contributed by atoms with E-state index in [1.165, 1.54) is 19.3 Å². The standard InChI is InChI=1S/C24H28N2O2/c1-3-4-5-9-16-28-23-14-12-20(13-15-23)17-22(18-25)24(27)26-19(2)21-10-7-6-8-11-21/h6-8,10-15,17,19H,3-5,9,16H2,1-2H3,(H,26,27)/b22-17+/t19-/m0/s1. The summed E-state index contributed by atoms with van der Waals surface area (Å²) in [4.78, 5) is 12.4. The molecule has 2 aromatic carbocycles. The fourth-order valence-corrected chi connectivity index (χ4v) is 2.79. The molecule has 0 aliphatic heterocycles. The topological polar surface area (TPSA) is 62.1 Å². The number of carbonyl (C=O) groups excluding carboxylic acids is 1. The van der Waals surface area contributed by atoms with E-state index in [9.17, 15) is 10.1 Å². The molecular weight excluding hydrogens is 348 g/mol. The van der Waals surface area contributed by atoms with E-state index in [1.807, 2.05) is 67.6 Å². The molecule has 2 rings (SSSR count). The quantitative estimate of drug-likeness (QED) is 0.342. The largest absolute Gasteiger partial charge is 0.494 e. The molecule has 0 heterocycles. The highest BCUT2D eigenvalue weighted by Crippen LogP contribution is 2.16. The van der Waals surface area contributed by atoms with Crippen molar-refractivity contribution in [2.24, 2.45) is 0 Å². The van der Waals surface area contributed by atoms with E-state index in [0.29, 0.717) is 6.61 Å². The molecule has 0 radical (unpaired) electrons. The summed E-state index contributed by atoms with van der Waals surface area (Å²) in [6, 6.07) is 18.9. The maximum Gasteiger partial charge on any atom is 0.262 e. The van der Waals surface area contributed by atoms with Crippen LogP contribution < -0.4 is 10.1 Å². The summed E-state index contributed by atoms with van der Waals surface area (Å²) in [5.74, 6) is 0.421. The minimum atomic E-state index is -0.380. The van der Waals surface area contributed by atoms with Gasteiger partial charge in [0.25, 0.3) is 5.91 Å². The number of nitrogens with zero attached hydrogens (tertiary/aromatic N) is 1. The third kappa shape index (κ3) is 6.92. The van der Waals surface area contributed by atoms with Gasteiger partial charge in [-0.05, 0) is 42.7 Å². The summed E-state index contributed by atoms with van der Waals surface area (Å²) in [5, 5.41) is 12.2. The molecule has 0 spiro atoms. The van der Waals surface area contributed by atoms with Crippen molar-refractivity contribution in [1.82, 2.24) is 5.32 Å². The van der Waals surface area contributed by atoms with E-state index in [-0.39, 0.29) is 17.5 Å². The lowest BCUT2D eigenvalue weighted by molar-refractivity contribution is -0.117. The lowest BCUT2D eigenvalue weighted by Gasteiger charge is -2.13. The molecule has 0 saturated carbocycles. The van der Waals surface area contributed by atoms with Crippen molar-refractivity contribution in [3.63, 3.8) is 0 Å². The Bertz CT molecular complexity index is 805. The van der Waals surface area contributed by atoms with Gasteiger partial charge in [0.1, 0.15) is 17.4 Å². The molecule has 28 heavy (non-hydrogen) atoms. The summed E-state index contributed by atoms with van der Waals surface area (Å²) in [5.41, 5.74) is 1.86. The van der Waals surface area contributed by atoms with Crippen molar-refractivity contribution in [2.75, 3.05) is 6.61 Å². The zero-order valence-corrected chi connectivity index (χ0v) is 16.7. The van der Waals surface area contributed by atoms with Gasteiger partial charge in [-0.3, -0.25) is 4.79 Å². The first kappa shape index (κ1) is 21.2. The van der Waals surface area contributed by atoms with E-state index in [4.69, 9.17) is 4.74 Å². The highest BCUT2D eigenvalue weighted by Gasteiger charge is 2.13. The molecule has 0 fully saturated rings. The Balaban J connectivity index is 1.94. The van der Waals surface area contributed by atoms with Gasteiger partial charge < -0.3 is 10.1 Å². The van der Waals surface area contributed by atoms with Crippen molar-refractivity contribution < 1.29 is 9.53 Å². The van der Waals surface area contributed by atoms with Crippen LogP contribution in [0.4, 0.5) is 0 Å².